The molecule has 2 aromatic rings. The highest BCUT2D eigenvalue weighted by molar-refractivity contribution is 5.81. The first-order valence-electron chi connectivity index (χ1n) is 7.19. The predicted molar refractivity (Wildman–Crippen MR) is 83.5 cm³/mol. The van der Waals surface area contributed by atoms with Crippen molar-refractivity contribution in [2.24, 2.45) is 0 Å². The molecule has 2 aromatic carbocycles. The lowest BCUT2D eigenvalue weighted by atomic mass is 9.81. The Morgan fingerprint density at radius 2 is 1.83 bits per heavy atom. The van der Waals surface area contributed by atoms with Crippen LogP contribution in [-0.2, 0) is 16.8 Å². The topological polar surface area (TPSA) is 66.4 Å². The summed E-state index contributed by atoms with van der Waals surface area (Å²) in [4.78, 5) is 22.6. The van der Waals surface area contributed by atoms with Crippen molar-refractivity contribution in [3.63, 3.8) is 0 Å². The fourth-order valence-corrected chi connectivity index (χ4v) is 2.90. The molecule has 0 spiro atoms. The lowest BCUT2D eigenvalue weighted by Gasteiger charge is -2.30. The number of aldehydes is 1. The molecule has 0 fully saturated rings. The van der Waals surface area contributed by atoms with E-state index < -0.39 is 23.3 Å². The van der Waals surface area contributed by atoms with E-state index in [9.17, 15) is 18.4 Å². The molecule has 0 aliphatic heterocycles. The summed E-state index contributed by atoms with van der Waals surface area (Å²) in [6.07, 6.45) is 2.93. The number of allylic oxidation sites excluding steroid dienone is 1. The van der Waals surface area contributed by atoms with Crippen LogP contribution in [0.5, 0.6) is 0 Å². The molecule has 0 aromatic heterocycles. The largest absolute Gasteiger partial charge is 0.465 e. The average molecular weight is 329 g/mol. The van der Waals surface area contributed by atoms with Crippen LogP contribution in [0.2, 0.25) is 0 Å². The van der Waals surface area contributed by atoms with Gasteiger partial charge in [0, 0.05) is 0 Å². The number of hydrogen-bond acceptors (Lipinski definition) is 2. The third-order valence-corrected chi connectivity index (χ3v) is 4.02. The van der Waals surface area contributed by atoms with Gasteiger partial charge >= 0.3 is 6.09 Å². The molecule has 1 amide bonds. The summed E-state index contributed by atoms with van der Waals surface area (Å²) < 4.78 is 26.5. The summed E-state index contributed by atoms with van der Waals surface area (Å²) in [5.74, 6) is -1.87. The molecule has 122 valence electrons. The number of nitrogens with one attached hydrogen (secondary N) is 1. The molecule has 3 rings (SSSR count). The van der Waals surface area contributed by atoms with Gasteiger partial charge in [0.25, 0.3) is 0 Å². The van der Waals surface area contributed by atoms with Gasteiger partial charge in [0.2, 0.25) is 0 Å². The molecule has 0 bridgehead atoms. The summed E-state index contributed by atoms with van der Waals surface area (Å²) in [6, 6.07) is 8.62. The standard InChI is InChI=1S/C18H13F2NO3/c19-15-6-4-12(9-16(15)20)11-3-5-14-13(8-11)2-1-7-18(14,10-22)21-17(23)24/h1,3-10,21H,2H2,(H,23,24)/t18-/m1/s1. The van der Waals surface area contributed by atoms with Crippen LogP contribution in [-0.4, -0.2) is 17.5 Å². The van der Waals surface area contributed by atoms with Gasteiger partial charge in [-0.05, 0) is 40.8 Å². The number of fused-ring (bicyclic) bond motifs is 1. The molecule has 6 heteroatoms. The Hall–Kier alpha value is -3.02. The van der Waals surface area contributed by atoms with Crippen LogP contribution in [0.3, 0.4) is 0 Å². The maximum atomic E-state index is 13.4. The maximum Gasteiger partial charge on any atom is 0.405 e. The Labute approximate surface area is 136 Å². The molecule has 0 heterocycles. The van der Waals surface area contributed by atoms with Gasteiger partial charge in [-0.2, -0.15) is 0 Å². The van der Waals surface area contributed by atoms with Crippen LogP contribution >= 0.6 is 0 Å². The second-order valence-electron chi connectivity index (χ2n) is 5.52. The molecule has 0 unspecified atom stereocenters. The molecule has 1 aliphatic carbocycles. The first-order valence-corrected chi connectivity index (χ1v) is 7.19. The van der Waals surface area contributed by atoms with E-state index in [2.05, 4.69) is 5.32 Å². The van der Waals surface area contributed by atoms with Gasteiger partial charge < -0.3 is 10.4 Å². The molecule has 1 atom stereocenters. The predicted octanol–water partition coefficient (Wildman–Crippen LogP) is 3.41. The fourth-order valence-electron chi connectivity index (χ4n) is 2.90. The monoisotopic (exact) mass is 329 g/mol. The number of carbonyl (C=O) groups is 2. The molecule has 0 radical (unpaired) electrons. The van der Waals surface area contributed by atoms with Gasteiger partial charge in [0.1, 0.15) is 5.54 Å². The highest BCUT2D eigenvalue weighted by atomic mass is 19.2. The minimum Gasteiger partial charge on any atom is -0.465 e. The highest BCUT2D eigenvalue weighted by Crippen LogP contribution is 2.33. The number of benzene rings is 2. The lowest BCUT2D eigenvalue weighted by Crippen LogP contribution is -2.46. The van der Waals surface area contributed by atoms with E-state index in [1.807, 2.05) is 0 Å². The van der Waals surface area contributed by atoms with Crippen molar-refractivity contribution in [3.8, 4) is 11.1 Å². The van der Waals surface area contributed by atoms with Crippen molar-refractivity contribution in [2.45, 2.75) is 12.0 Å². The van der Waals surface area contributed by atoms with E-state index in [0.29, 0.717) is 29.4 Å². The Bertz CT molecular complexity index is 863. The summed E-state index contributed by atoms with van der Waals surface area (Å²) in [6.45, 7) is 0. The van der Waals surface area contributed by atoms with Crippen LogP contribution < -0.4 is 5.32 Å². The second kappa shape index (κ2) is 5.88. The molecule has 2 N–H and O–H groups in total. The Kier molecular flexibility index (Phi) is 3.89. The normalized spacial score (nSPS) is 18.8. The van der Waals surface area contributed by atoms with E-state index in [4.69, 9.17) is 5.11 Å². The maximum absolute atomic E-state index is 13.4. The first kappa shape index (κ1) is 15.9. The minimum absolute atomic E-state index is 0.495. The summed E-state index contributed by atoms with van der Waals surface area (Å²) >= 11 is 0. The smallest absolute Gasteiger partial charge is 0.405 e. The van der Waals surface area contributed by atoms with Gasteiger partial charge in [0.15, 0.2) is 17.9 Å². The van der Waals surface area contributed by atoms with E-state index in [1.54, 1.807) is 24.3 Å². The lowest BCUT2D eigenvalue weighted by molar-refractivity contribution is -0.112. The molecule has 4 nitrogen and oxygen atoms in total. The number of carbonyl (C=O) groups excluding carboxylic acids is 1. The Balaban J connectivity index is 2.07. The number of carboxylic acid groups (broad SMARTS) is 1. The third-order valence-electron chi connectivity index (χ3n) is 4.02. The fraction of sp³-hybridized carbons (Fsp3) is 0.111. The van der Waals surface area contributed by atoms with Crippen LogP contribution in [0, 0.1) is 11.6 Å². The Morgan fingerprint density at radius 3 is 2.50 bits per heavy atom. The summed E-state index contributed by atoms with van der Waals surface area (Å²) in [7, 11) is 0. The first-order chi connectivity index (χ1) is 11.4. The number of halogens is 2. The zero-order chi connectivity index (χ0) is 17.3. The molecule has 24 heavy (non-hydrogen) atoms. The average Bonchev–Trinajstić information content (AvgIpc) is 2.56. The van der Waals surface area contributed by atoms with Gasteiger partial charge in [-0.3, -0.25) is 4.79 Å². The zero-order valence-corrected chi connectivity index (χ0v) is 12.4. The van der Waals surface area contributed by atoms with Crippen LogP contribution in [0.4, 0.5) is 13.6 Å². The molecule has 0 saturated carbocycles. The van der Waals surface area contributed by atoms with E-state index in [-0.39, 0.29) is 0 Å². The second-order valence-corrected chi connectivity index (χ2v) is 5.52. The van der Waals surface area contributed by atoms with Crippen LogP contribution in [0.15, 0.2) is 48.6 Å². The van der Waals surface area contributed by atoms with E-state index in [0.717, 1.165) is 17.7 Å². The van der Waals surface area contributed by atoms with Gasteiger partial charge in [-0.25, -0.2) is 13.6 Å². The van der Waals surface area contributed by atoms with Gasteiger partial charge in [-0.1, -0.05) is 36.4 Å². The van der Waals surface area contributed by atoms with Crippen molar-refractivity contribution in [1.82, 2.24) is 5.32 Å². The molecular weight excluding hydrogens is 316 g/mol. The number of rotatable bonds is 3. The van der Waals surface area contributed by atoms with E-state index in [1.165, 1.54) is 12.1 Å². The number of amides is 1. The number of hydrogen-bond donors (Lipinski definition) is 2. The van der Waals surface area contributed by atoms with Gasteiger partial charge in [-0.15, -0.1) is 0 Å². The summed E-state index contributed by atoms with van der Waals surface area (Å²) in [5.41, 5.74) is 0.966. The quantitative estimate of drug-likeness (QED) is 0.670. The Morgan fingerprint density at radius 1 is 1.12 bits per heavy atom. The zero-order valence-electron chi connectivity index (χ0n) is 12.4. The van der Waals surface area contributed by atoms with Crippen molar-refractivity contribution in [1.29, 1.82) is 0 Å². The van der Waals surface area contributed by atoms with Crippen LogP contribution in [0.1, 0.15) is 11.1 Å². The van der Waals surface area contributed by atoms with Gasteiger partial charge in [0.05, 0.1) is 0 Å². The SMILES string of the molecule is O=C[C@]1(NC(=O)O)C=CCc2cc(-c3ccc(F)c(F)c3)ccc21. The van der Waals surface area contributed by atoms with Crippen molar-refractivity contribution < 1.29 is 23.5 Å². The summed E-state index contributed by atoms with van der Waals surface area (Å²) in [5, 5.41) is 11.2. The van der Waals surface area contributed by atoms with E-state index >= 15 is 0 Å². The molecular formula is C18H13F2NO3. The van der Waals surface area contributed by atoms with Crippen LogP contribution in [0.25, 0.3) is 11.1 Å². The third kappa shape index (κ3) is 2.67. The minimum atomic E-state index is -1.44. The molecule has 1 aliphatic rings. The molecule has 0 saturated heterocycles. The van der Waals surface area contributed by atoms with Crippen molar-refractivity contribution in [3.05, 3.63) is 71.3 Å². The van der Waals surface area contributed by atoms with Crippen molar-refractivity contribution >= 4 is 12.4 Å². The van der Waals surface area contributed by atoms with Crippen molar-refractivity contribution in [2.75, 3.05) is 0 Å². The highest BCUT2D eigenvalue weighted by Gasteiger charge is 2.35.